The van der Waals surface area contributed by atoms with E-state index in [2.05, 4.69) is 0 Å². The second-order valence-electron chi connectivity index (χ2n) is 5.78. The van der Waals surface area contributed by atoms with Crippen molar-refractivity contribution in [2.24, 2.45) is 0 Å². The Morgan fingerprint density at radius 3 is 2.67 bits per heavy atom. The van der Waals surface area contributed by atoms with E-state index in [-0.39, 0.29) is 17.9 Å². The van der Waals surface area contributed by atoms with Crippen molar-refractivity contribution in [1.29, 1.82) is 5.26 Å². The van der Waals surface area contributed by atoms with Gasteiger partial charge in [0.25, 0.3) is 0 Å². The molecule has 2 aromatic carbocycles. The number of phenols is 1. The first-order valence-corrected chi connectivity index (χ1v) is 8.05. The number of nitrogens with zero attached hydrogens (tertiary/aromatic N) is 1. The van der Waals surface area contributed by atoms with Crippen LogP contribution in [-0.2, 0) is 16.1 Å². The van der Waals surface area contributed by atoms with Crippen LogP contribution >= 0.6 is 0 Å². The van der Waals surface area contributed by atoms with Gasteiger partial charge in [0.05, 0.1) is 11.6 Å². The van der Waals surface area contributed by atoms with Crippen LogP contribution in [0.5, 0.6) is 11.5 Å². The molecule has 1 aromatic heterocycles. The predicted molar refractivity (Wildman–Crippen MR) is 95.2 cm³/mol. The molecule has 1 atom stereocenters. The summed E-state index contributed by atoms with van der Waals surface area (Å²) in [7, 11) is 0. The van der Waals surface area contributed by atoms with Crippen molar-refractivity contribution in [2.45, 2.75) is 19.6 Å². The third kappa shape index (κ3) is 4.25. The van der Waals surface area contributed by atoms with E-state index >= 15 is 0 Å². The normalized spacial score (nSPS) is 11.6. The molecule has 0 radical (unpaired) electrons. The Bertz CT molecular complexity index is 1080. The highest BCUT2D eigenvalue weighted by molar-refractivity contribution is 5.82. The fourth-order valence-corrected chi connectivity index (χ4v) is 2.46. The molecule has 7 heteroatoms. The summed E-state index contributed by atoms with van der Waals surface area (Å²) in [6, 6.07) is 13.9. The van der Waals surface area contributed by atoms with Crippen molar-refractivity contribution in [3.05, 3.63) is 70.1 Å². The van der Waals surface area contributed by atoms with Crippen LogP contribution in [0, 0.1) is 11.3 Å². The summed E-state index contributed by atoms with van der Waals surface area (Å²) in [6.45, 7) is 1.39. The lowest BCUT2D eigenvalue weighted by atomic mass is 10.1. The van der Waals surface area contributed by atoms with E-state index in [1.54, 1.807) is 30.3 Å². The monoisotopic (exact) mass is 365 g/mol. The minimum Gasteiger partial charge on any atom is -0.508 e. The van der Waals surface area contributed by atoms with Crippen LogP contribution in [-0.4, -0.2) is 17.2 Å². The molecule has 0 aliphatic carbocycles. The number of esters is 1. The van der Waals surface area contributed by atoms with Gasteiger partial charge in [-0.3, -0.25) is 0 Å². The van der Waals surface area contributed by atoms with Gasteiger partial charge >= 0.3 is 11.6 Å². The molecule has 0 aliphatic heterocycles. The third-order valence-electron chi connectivity index (χ3n) is 3.81. The maximum Gasteiger partial charge on any atom is 0.347 e. The number of nitriles is 1. The van der Waals surface area contributed by atoms with Crippen LogP contribution in [0.4, 0.5) is 0 Å². The molecule has 0 unspecified atom stereocenters. The number of benzene rings is 2. The number of phenolic OH excluding ortho intramolecular Hbond substituents is 1. The number of carbonyl (C=O) groups excluding carboxylic acids is 1. The Morgan fingerprint density at radius 2 is 1.96 bits per heavy atom. The molecule has 3 aromatic rings. The summed E-state index contributed by atoms with van der Waals surface area (Å²) in [5, 5.41) is 18.8. The fraction of sp³-hybridized carbons (Fsp3) is 0.150. The zero-order valence-corrected chi connectivity index (χ0v) is 14.3. The van der Waals surface area contributed by atoms with Crippen molar-refractivity contribution in [1.82, 2.24) is 0 Å². The van der Waals surface area contributed by atoms with Gasteiger partial charge in [0, 0.05) is 23.1 Å². The largest absolute Gasteiger partial charge is 0.508 e. The first-order valence-electron chi connectivity index (χ1n) is 8.05. The molecule has 27 heavy (non-hydrogen) atoms. The van der Waals surface area contributed by atoms with Crippen LogP contribution < -0.4 is 10.4 Å². The van der Waals surface area contributed by atoms with E-state index in [0.29, 0.717) is 22.3 Å². The number of hydrogen-bond acceptors (Lipinski definition) is 7. The number of rotatable bonds is 5. The quantitative estimate of drug-likeness (QED) is 0.547. The van der Waals surface area contributed by atoms with Gasteiger partial charge in [0.1, 0.15) is 23.7 Å². The topological polar surface area (TPSA) is 110 Å². The van der Waals surface area contributed by atoms with E-state index in [1.165, 1.54) is 25.1 Å². The van der Waals surface area contributed by atoms with Gasteiger partial charge in [-0.25, -0.2) is 9.59 Å². The van der Waals surface area contributed by atoms with E-state index in [1.807, 2.05) is 6.07 Å². The second kappa shape index (κ2) is 7.62. The van der Waals surface area contributed by atoms with E-state index in [0.717, 1.165) is 0 Å². The molecule has 0 amide bonds. The average molecular weight is 365 g/mol. The lowest BCUT2D eigenvalue weighted by Crippen LogP contribution is -2.26. The van der Waals surface area contributed by atoms with Crippen LogP contribution in [0.15, 0.2) is 57.7 Å². The zero-order valence-electron chi connectivity index (χ0n) is 14.3. The molecule has 136 valence electrons. The predicted octanol–water partition coefficient (Wildman–Crippen LogP) is 2.88. The Labute approximate surface area is 154 Å². The van der Waals surface area contributed by atoms with Gasteiger partial charge in [0.2, 0.25) is 0 Å². The highest BCUT2D eigenvalue weighted by Gasteiger charge is 2.17. The maximum atomic E-state index is 12.2. The summed E-state index contributed by atoms with van der Waals surface area (Å²) >= 11 is 0. The average Bonchev–Trinajstić information content (AvgIpc) is 2.65. The molecular weight excluding hydrogens is 350 g/mol. The third-order valence-corrected chi connectivity index (χ3v) is 3.81. The molecule has 7 nitrogen and oxygen atoms in total. The van der Waals surface area contributed by atoms with Gasteiger partial charge in [-0.05, 0) is 43.3 Å². The molecule has 1 heterocycles. The van der Waals surface area contributed by atoms with E-state index in [9.17, 15) is 14.7 Å². The van der Waals surface area contributed by atoms with Crippen molar-refractivity contribution in [3.63, 3.8) is 0 Å². The van der Waals surface area contributed by atoms with Gasteiger partial charge in [-0.2, -0.15) is 5.26 Å². The second-order valence-corrected chi connectivity index (χ2v) is 5.78. The van der Waals surface area contributed by atoms with Gasteiger partial charge in [-0.15, -0.1) is 0 Å². The number of carbonyl (C=O) groups is 1. The van der Waals surface area contributed by atoms with Gasteiger partial charge in [-0.1, -0.05) is 0 Å². The Hall–Kier alpha value is -3.79. The van der Waals surface area contributed by atoms with Crippen molar-refractivity contribution >= 4 is 16.9 Å². The molecule has 3 rings (SSSR count). The molecule has 0 bridgehead atoms. The molecule has 0 saturated carbocycles. The Kier molecular flexibility index (Phi) is 5.08. The number of aromatic hydroxyl groups is 1. The standard InChI is InChI=1S/C20H15NO6/c1-12(26-16-5-2-13(10-21)3-6-16)20(24)25-11-14-8-19(23)27-18-9-15(22)4-7-17(14)18/h2-9,12,22H,11H2,1H3/t12-/m1/s1. The highest BCUT2D eigenvalue weighted by Crippen LogP contribution is 2.22. The van der Waals surface area contributed by atoms with Crippen molar-refractivity contribution in [3.8, 4) is 17.6 Å². The van der Waals surface area contributed by atoms with E-state index in [4.69, 9.17) is 19.2 Å². The van der Waals surface area contributed by atoms with Crippen LogP contribution in [0.25, 0.3) is 11.0 Å². The summed E-state index contributed by atoms with van der Waals surface area (Å²) < 4.78 is 15.8. The SMILES string of the molecule is C[C@@H](Oc1ccc(C#N)cc1)C(=O)OCc1cc(=O)oc2cc(O)ccc12. The Balaban J connectivity index is 1.69. The lowest BCUT2D eigenvalue weighted by molar-refractivity contribution is -0.152. The molecule has 0 fully saturated rings. The van der Waals surface area contributed by atoms with Crippen LogP contribution in [0.3, 0.4) is 0 Å². The van der Waals surface area contributed by atoms with Gasteiger partial charge < -0.3 is 19.0 Å². The summed E-state index contributed by atoms with van der Waals surface area (Å²) in [5.41, 5.74) is 0.537. The number of ether oxygens (including phenoxy) is 2. The maximum absolute atomic E-state index is 12.2. The van der Waals surface area contributed by atoms with Crippen molar-refractivity contribution < 1.29 is 23.8 Å². The van der Waals surface area contributed by atoms with Gasteiger partial charge in [0.15, 0.2) is 6.10 Å². The fourth-order valence-electron chi connectivity index (χ4n) is 2.46. The smallest absolute Gasteiger partial charge is 0.347 e. The first kappa shape index (κ1) is 18.0. The van der Waals surface area contributed by atoms with Crippen molar-refractivity contribution in [2.75, 3.05) is 0 Å². The minimum atomic E-state index is -0.881. The first-order chi connectivity index (χ1) is 13.0. The molecule has 0 saturated heterocycles. The molecule has 0 spiro atoms. The Morgan fingerprint density at radius 1 is 1.22 bits per heavy atom. The number of fused-ring (bicyclic) bond motifs is 1. The van der Waals surface area contributed by atoms with E-state index < -0.39 is 17.7 Å². The summed E-state index contributed by atoms with van der Waals surface area (Å²) in [4.78, 5) is 23.8. The van der Waals surface area contributed by atoms with Crippen LogP contribution in [0.1, 0.15) is 18.1 Å². The molecule has 0 aliphatic rings. The lowest BCUT2D eigenvalue weighted by Gasteiger charge is -2.14. The highest BCUT2D eigenvalue weighted by atomic mass is 16.6. The molecule has 1 N–H and O–H groups in total. The minimum absolute atomic E-state index is 0.0377. The number of hydrogen-bond donors (Lipinski definition) is 1. The molecular formula is C20H15NO6. The summed E-state index contributed by atoms with van der Waals surface area (Å²) in [6.07, 6.45) is -0.881. The van der Waals surface area contributed by atoms with Crippen LogP contribution in [0.2, 0.25) is 0 Å². The zero-order chi connectivity index (χ0) is 19.4. The summed E-state index contributed by atoms with van der Waals surface area (Å²) in [5.74, 6) is -0.219.